The van der Waals surface area contributed by atoms with Crippen molar-refractivity contribution in [3.8, 4) is 51.0 Å². The van der Waals surface area contributed by atoms with Gasteiger partial charge in [-0.3, -0.25) is 0 Å². The number of fused-ring (bicyclic) bond motifs is 1. The van der Waals surface area contributed by atoms with Crippen LogP contribution in [-0.4, -0.2) is 19.5 Å². The Bertz CT molecular complexity index is 1870. The van der Waals surface area contributed by atoms with E-state index in [1.54, 1.807) is 0 Å². The summed E-state index contributed by atoms with van der Waals surface area (Å²) >= 11 is 6.41. The van der Waals surface area contributed by atoms with Crippen molar-refractivity contribution in [3.05, 3.63) is 145 Å². The molecule has 190 valence electrons. The molecule has 0 saturated heterocycles. The summed E-state index contributed by atoms with van der Waals surface area (Å²) in [5.41, 5.74) is 7.24. The van der Waals surface area contributed by atoms with Crippen LogP contribution in [0.15, 0.2) is 140 Å². The Morgan fingerprint density at radius 1 is 0.475 bits per heavy atom. The predicted octanol–water partition coefficient (Wildman–Crippen LogP) is 9.14. The SMILES string of the molecule is Clc1ccc2c(c1)c(-c1ccccc1)cn2-c1ccc(-c2nc(-c3ccccc3)nc(-c3ccccc3)n2)cc1. The molecule has 0 bridgehead atoms. The predicted molar refractivity (Wildman–Crippen MR) is 163 cm³/mol. The van der Waals surface area contributed by atoms with Crippen molar-refractivity contribution < 1.29 is 0 Å². The van der Waals surface area contributed by atoms with Crippen LogP contribution in [0.1, 0.15) is 0 Å². The van der Waals surface area contributed by atoms with E-state index >= 15 is 0 Å². The Hall–Kier alpha value is -5.06. The number of rotatable bonds is 5. The van der Waals surface area contributed by atoms with E-state index in [9.17, 15) is 0 Å². The zero-order chi connectivity index (χ0) is 26.9. The van der Waals surface area contributed by atoms with Crippen molar-refractivity contribution in [2.24, 2.45) is 0 Å². The summed E-state index contributed by atoms with van der Waals surface area (Å²) in [6.45, 7) is 0. The zero-order valence-corrected chi connectivity index (χ0v) is 22.2. The van der Waals surface area contributed by atoms with Crippen molar-refractivity contribution in [3.63, 3.8) is 0 Å². The molecule has 2 heterocycles. The Labute approximate surface area is 237 Å². The van der Waals surface area contributed by atoms with Crippen molar-refractivity contribution in [2.75, 3.05) is 0 Å². The molecular formula is C35H23ClN4. The first kappa shape index (κ1) is 24.0. The molecule has 0 aliphatic rings. The molecule has 0 atom stereocenters. The molecule has 5 heteroatoms. The monoisotopic (exact) mass is 534 g/mol. The lowest BCUT2D eigenvalue weighted by Gasteiger charge is -2.10. The number of aromatic nitrogens is 4. The zero-order valence-electron chi connectivity index (χ0n) is 21.4. The molecule has 7 rings (SSSR count). The summed E-state index contributed by atoms with van der Waals surface area (Å²) in [7, 11) is 0. The standard InChI is InChI=1S/C35H23ClN4/c36-28-18-21-32-30(22-28)31(24-10-4-1-5-11-24)23-40(32)29-19-16-27(17-20-29)35-38-33(25-12-6-2-7-13-25)37-34(39-35)26-14-8-3-9-15-26/h1-23H. The first-order chi connectivity index (χ1) is 19.7. The summed E-state index contributed by atoms with van der Waals surface area (Å²) in [6.07, 6.45) is 2.18. The van der Waals surface area contributed by atoms with Crippen LogP contribution in [0.4, 0.5) is 0 Å². The summed E-state index contributed by atoms with van der Waals surface area (Å²) in [5, 5.41) is 1.83. The third kappa shape index (κ3) is 4.55. The summed E-state index contributed by atoms with van der Waals surface area (Å²) in [6, 6.07) is 44.8. The van der Waals surface area contributed by atoms with Gasteiger partial charge in [0.2, 0.25) is 0 Å². The van der Waals surface area contributed by atoms with Gasteiger partial charge in [0.15, 0.2) is 17.5 Å². The minimum atomic E-state index is 0.633. The fraction of sp³-hybridized carbons (Fsp3) is 0. The van der Waals surface area contributed by atoms with Gasteiger partial charge in [-0.25, -0.2) is 15.0 Å². The molecule has 2 aromatic heterocycles. The van der Waals surface area contributed by atoms with E-state index in [0.717, 1.165) is 49.4 Å². The number of halogens is 1. The topological polar surface area (TPSA) is 43.6 Å². The van der Waals surface area contributed by atoms with Crippen LogP contribution in [0.3, 0.4) is 0 Å². The van der Waals surface area contributed by atoms with E-state index in [2.05, 4.69) is 65.4 Å². The third-order valence-corrected chi connectivity index (χ3v) is 7.19. The second kappa shape index (κ2) is 10.3. The average molecular weight is 535 g/mol. The maximum Gasteiger partial charge on any atom is 0.164 e. The van der Waals surface area contributed by atoms with Crippen LogP contribution in [0, 0.1) is 0 Å². The highest BCUT2D eigenvalue weighted by Crippen LogP contribution is 2.35. The molecule has 0 N–H and O–H groups in total. The Morgan fingerprint density at radius 2 is 0.950 bits per heavy atom. The molecule has 7 aromatic rings. The van der Waals surface area contributed by atoms with Crippen molar-refractivity contribution in [2.45, 2.75) is 0 Å². The lowest BCUT2D eigenvalue weighted by atomic mass is 10.1. The smallest absolute Gasteiger partial charge is 0.164 e. The van der Waals surface area contributed by atoms with Crippen LogP contribution in [0.2, 0.25) is 5.02 Å². The van der Waals surface area contributed by atoms with Gasteiger partial charge in [0.1, 0.15) is 0 Å². The van der Waals surface area contributed by atoms with E-state index in [1.807, 2.05) is 78.9 Å². The summed E-state index contributed by atoms with van der Waals surface area (Å²) in [5.74, 6) is 1.93. The van der Waals surface area contributed by atoms with Gasteiger partial charge < -0.3 is 4.57 Å². The third-order valence-electron chi connectivity index (χ3n) is 6.95. The fourth-order valence-corrected chi connectivity index (χ4v) is 5.14. The summed E-state index contributed by atoms with van der Waals surface area (Å²) < 4.78 is 2.20. The molecule has 0 amide bonds. The van der Waals surface area contributed by atoms with Crippen molar-refractivity contribution in [1.29, 1.82) is 0 Å². The van der Waals surface area contributed by atoms with E-state index in [-0.39, 0.29) is 0 Å². The molecule has 0 saturated carbocycles. The first-order valence-electron chi connectivity index (χ1n) is 13.1. The molecule has 4 nitrogen and oxygen atoms in total. The molecular weight excluding hydrogens is 512 g/mol. The van der Waals surface area contributed by atoms with E-state index in [0.29, 0.717) is 17.5 Å². The Balaban J connectivity index is 1.33. The van der Waals surface area contributed by atoms with Gasteiger partial charge in [0.05, 0.1) is 5.52 Å². The number of nitrogens with zero attached hydrogens (tertiary/aromatic N) is 4. The second-order valence-electron chi connectivity index (χ2n) is 9.53. The molecule has 0 fully saturated rings. The minimum Gasteiger partial charge on any atom is -0.316 e. The van der Waals surface area contributed by atoms with E-state index in [1.165, 1.54) is 0 Å². The quantitative estimate of drug-likeness (QED) is 0.221. The highest BCUT2D eigenvalue weighted by atomic mass is 35.5. The normalized spacial score (nSPS) is 11.1. The van der Waals surface area contributed by atoms with E-state index in [4.69, 9.17) is 26.6 Å². The molecule has 0 radical (unpaired) electrons. The van der Waals surface area contributed by atoms with Gasteiger partial charge >= 0.3 is 0 Å². The minimum absolute atomic E-state index is 0.633. The van der Waals surface area contributed by atoms with Crippen LogP contribution in [0.25, 0.3) is 61.9 Å². The fourth-order valence-electron chi connectivity index (χ4n) is 4.97. The maximum atomic E-state index is 6.41. The van der Waals surface area contributed by atoms with Crippen LogP contribution < -0.4 is 0 Å². The number of hydrogen-bond acceptors (Lipinski definition) is 3. The van der Waals surface area contributed by atoms with Gasteiger partial charge in [-0.05, 0) is 48.0 Å². The van der Waals surface area contributed by atoms with Crippen molar-refractivity contribution >= 4 is 22.5 Å². The molecule has 0 unspecified atom stereocenters. The van der Waals surface area contributed by atoms with E-state index < -0.39 is 0 Å². The van der Waals surface area contributed by atoms with Gasteiger partial charge in [-0.1, -0.05) is 103 Å². The molecule has 0 aliphatic heterocycles. The number of benzene rings is 5. The van der Waals surface area contributed by atoms with Gasteiger partial charge in [0, 0.05) is 44.5 Å². The Kier molecular flexibility index (Phi) is 6.15. The van der Waals surface area contributed by atoms with Gasteiger partial charge in [-0.15, -0.1) is 0 Å². The highest BCUT2D eigenvalue weighted by molar-refractivity contribution is 6.31. The highest BCUT2D eigenvalue weighted by Gasteiger charge is 2.14. The lowest BCUT2D eigenvalue weighted by Crippen LogP contribution is -2.00. The molecule has 0 aliphatic carbocycles. The summed E-state index contributed by atoms with van der Waals surface area (Å²) in [4.78, 5) is 14.5. The van der Waals surface area contributed by atoms with Crippen LogP contribution >= 0.6 is 11.6 Å². The molecule has 5 aromatic carbocycles. The average Bonchev–Trinajstić information content (AvgIpc) is 3.41. The van der Waals surface area contributed by atoms with Crippen LogP contribution in [-0.2, 0) is 0 Å². The van der Waals surface area contributed by atoms with Crippen molar-refractivity contribution in [1.82, 2.24) is 19.5 Å². The second-order valence-corrected chi connectivity index (χ2v) is 9.96. The first-order valence-corrected chi connectivity index (χ1v) is 13.4. The van der Waals surface area contributed by atoms with Crippen LogP contribution in [0.5, 0.6) is 0 Å². The largest absolute Gasteiger partial charge is 0.316 e. The lowest BCUT2D eigenvalue weighted by molar-refractivity contribution is 1.07. The molecule has 0 spiro atoms. The Morgan fingerprint density at radius 3 is 1.48 bits per heavy atom. The van der Waals surface area contributed by atoms with Gasteiger partial charge in [-0.2, -0.15) is 0 Å². The molecule has 40 heavy (non-hydrogen) atoms. The maximum absolute atomic E-state index is 6.41. The van der Waals surface area contributed by atoms with Gasteiger partial charge in [0.25, 0.3) is 0 Å². The number of hydrogen-bond donors (Lipinski definition) is 0.